The molecule has 1 N–H and O–H groups in total. The normalized spacial score (nSPS) is 14.4. The molecule has 0 heterocycles. The van der Waals surface area contributed by atoms with Gasteiger partial charge >= 0.3 is 0 Å². The number of methoxy groups -OCH3 is 1. The molecule has 0 spiro atoms. The van der Waals surface area contributed by atoms with E-state index < -0.39 is 6.10 Å². The number of rotatable bonds is 5. The molecule has 24 heavy (non-hydrogen) atoms. The number of nitrogens with one attached hydrogen (secondary N) is 1. The lowest BCUT2D eigenvalue weighted by Crippen LogP contribution is -2.30. The van der Waals surface area contributed by atoms with Crippen LogP contribution >= 0.6 is 0 Å². The van der Waals surface area contributed by atoms with Crippen LogP contribution in [0.2, 0.25) is 0 Å². The average Bonchev–Trinajstić information content (AvgIpc) is 2.61. The third-order valence-electron chi connectivity index (χ3n) is 4.34. The Morgan fingerprint density at radius 3 is 2.62 bits per heavy atom. The van der Waals surface area contributed by atoms with Gasteiger partial charge in [0.25, 0.3) is 5.91 Å². The molecule has 0 saturated carbocycles. The first-order valence-corrected chi connectivity index (χ1v) is 8.39. The Morgan fingerprint density at radius 1 is 1.04 bits per heavy atom. The summed E-state index contributed by atoms with van der Waals surface area (Å²) in [4.78, 5) is 12.3. The van der Waals surface area contributed by atoms with E-state index in [0.29, 0.717) is 11.4 Å². The van der Waals surface area contributed by atoms with Crippen LogP contribution in [0.3, 0.4) is 0 Å². The van der Waals surface area contributed by atoms with Crippen molar-refractivity contribution in [2.45, 2.75) is 38.7 Å². The standard InChI is InChI=1S/C20H23NO3/c1-14(20(22)21-17-8-5-9-18(13-17)23-2)24-19-11-10-15-6-3-4-7-16(15)12-19/h5,8-14H,3-4,6-7H2,1-2H3,(H,21,22)/t14-/m1/s1. The Hall–Kier alpha value is -2.49. The summed E-state index contributed by atoms with van der Waals surface area (Å²) in [5.41, 5.74) is 3.45. The van der Waals surface area contributed by atoms with Crippen LogP contribution < -0.4 is 14.8 Å². The maximum atomic E-state index is 12.3. The van der Waals surface area contributed by atoms with Crippen LogP contribution in [0.5, 0.6) is 11.5 Å². The molecule has 3 rings (SSSR count). The molecular formula is C20H23NO3. The van der Waals surface area contributed by atoms with E-state index in [1.807, 2.05) is 24.3 Å². The van der Waals surface area contributed by atoms with Crippen molar-refractivity contribution >= 4 is 11.6 Å². The Balaban J connectivity index is 1.63. The van der Waals surface area contributed by atoms with Gasteiger partial charge in [-0.2, -0.15) is 0 Å². The van der Waals surface area contributed by atoms with E-state index in [1.54, 1.807) is 20.1 Å². The SMILES string of the molecule is COc1cccc(NC(=O)[C@@H](C)Oc2ccc3c(c2)CCCC3)c1. The van der Waals surface area contributed by atoms with Crippen LogP contribution in [0.1, 0.15) is 30.9 Å². The van der Waals surface area contributed by atoms with Gasteiger partial charge in [-0.15, -0.1) is 0 Å². The number of carbonyl (C=O) groups is 1. The zero-order chi connectivity index (χ0) is 16.9. The zero-order valence-electron chi connectivity index (χ0n) is 14.2. The molecule has 0 radical (unpaired) electrons. The minimum atomic E-state index is -0.571. The number of hydrogen-bond acceptors (Lipinski definition) is 3. The highest BCUT2D eigenvalue weighted by atomic mass is 16.5. The molecule has 1 atom stereocenters. The third-order valence-corrected chi connectivity index (χ3v) is 4.34. The molecule has 126 valence electrons. The van der Waals surface area contributed by atoms with Crippen molar-refractivity contribution in [3.8, 4) is 11.5 Å². The number of amides is 1. The Labute approximate surface area is 142 Å². The Kier molecular flexibility index (Phi) is 5.04. The molecule has 2 aromatic rings. The summed E-state index contributed by atoms with van der Waals surface area (Å²) >= 11 is 0. The fourth-order valence-corrected chi connectivity index (χ4v) is 2.99. The van der Waals surface area contributed by atoms with Gasteiger partial charge in [0.15, 0.2) is 6.10 Å². The van der Waals surface area contributed by atoms with Crippen molar-refractivity contribution in [3.63, 3.8) is 0 Å². The summed E-state index contributed by atoms with van der Waals surface area (Å²) in [5, 5.41) is 2.86. The van der Waals surface area contributed by atoms with Gasteiger partial charge in [0, 0.05) is 11.8 Å². The van der Waals surface area contributed by atoms with Crippen molar-refractivity contribution < 1.29 is 14.3 Å². The second-order valence-corrected chi connectivity index (χ2v) is 6.12. The topological polar surface area (TPSA) is 47.6 Å². The maximum Gasteiger partial charge on any atom is 0.265 e. The molecular weight excluding hydrogens is 302 g/mol. The number of carbonyl (C=O) groups excluding carboxylic acids is 1. The largest absolute Gasteiger partial charge is 0.497 e. The highest BCUT2D eigenvalue weighted by Crippen LogP contribution is 2.26. The van der Waals surface area contributed by atoms with Crippen molar-refractivity contribution in [2.24, 2.45) is 0 Å². The average molecular weight is 325 g/mol. The predicted octanol–water partition coefficient (Wildman–Crippen LogP) is 3.98. The highest BCUT2D eigenvalue weighted by molar-refractivity contribution is 5.94. The lowest BCUT2D eigenvalue weighted by atomic mass is 9.92. The highest BCUT2D eigenvalue weighted by Gasteiger charge is 2.16. The Bertz CT molecular complexity index is 727. The summed E-state index contributed by atoms with van der Waals surface area (Å²) in [6.45, 7) is 1.76. The third kappa shape index (κ3) is 3.88. The van der Waals surface area contributed by atoms with E-state index in [2.05, 4.69) is 17.4 Å². The van der Waals surface area contributed by atoms with Crippen molar-refractivity contribution in [1.82, 2.24) is 0 Å². The zero-order valence-corrected chi connectivity index (χ0v) is 14.2. The molecule has 1 aliphatic carbocycles. The lowest BCUT2D eigenvalue weighted by molar-refractivity contribution is -0.122. The molecule has 0 unspecified atom stereocenters. The first-order chi connectivity index (χ1) is 11.7. The van der Waals surface area contributed by atoms with Gasteiger partial charge in [-0.25, -0.2) is 0 Å². The van der Waals surface area contributed by atoms with E-state index >= 15 is 0 Å². The first-order valence-electron chi connectivity index (χ1n) is 8.39. The second-order valence-electron chi connectivity index (χ2n) is 6.12. The maximum absolute atomic E-state index is 12.3. The van der Waals surface area contributed by atoms with Crippen LogP contribution in [-0.4, -0.2) is 19.1 Å². The predicted molar refractivity (Wildman–Crippen MR) is 94.8 cm³/mol. The van der Waals surface area contributed by atoms with E-state index in [9.17, 15) is 4.79 Å². The van der Waals surface area contributed by atoms with Gasteiger partial charge in [-0.05, 0) is 68.0 Å². The van der Waals surface area contributed by atoms with Crippen LogP contribution in [0.4, 0.5) is 5.69 Å². The van der Waals surface area contributed by atoms with Crippen molar-refractivity contribution in [1.29, 1.82) is 0 Å². The fraction of sp³-hybridized carbons (Fsp3) is 0.350. The van der Waals surface area contributed by atoms with Gasteiger partial charge in [0.05, 0.1) is 7.11 Å². The van der Waals surface area contributed by atoms with Gasteiger partial charge in [0.2, 0.25) is 0 Å². The number of ether oxygens (including phenoxy) is 2. The van der Waals surface area contributed by atoms with Gasteiger partial charge < -0.3 is 14.8 Å². The van der Waals surface area contributed by atoms with Crippen molar-refractivity contribution in [3.05, 3.63) is 53.6 Å². The number of fused-ring (bicyclic) bond motifs is 1. The van der Waals surface area contributed by atoms with Gasteiger partial charge in [0.1, 0.15) is 11.5 Å². The molecule has 4 heteroatoms. The Morgan fingerprint density at radius 2 is 1.83 bits per heavy atom. The van der Waals surface area contributed by atoms with Crippen LogP contribution in [0.25, 0.3) is 0 Å². The molecule has 0 bridgehead atoms. The van der Waals surface area contributed by atoms with Gasteiger partial charge in [-0.3, -0.25) is 4.79 Å². The quantitative estimate of drug-likeness (QED) is 0.904. The molecule has 0 aromatic heterocycles. The van der Waals surface area contributed by atoms with E-state index in [4.69, 9.17) is 9.47 Å². The van der Waals surface area contributed by atoms with Gasteiger partial charge in [-0.1, -0.05) is 12.1 Å². The smallest absolute Gasteiger partial charge is 0.265 e. The number of benzene rings is 2. The second kappa shape index (κ2) is 7.39. The van der Waals surface area contributed by atoms with Crippen LogP contribution in [0.15, 0.2) is 42.5 Å². The number of anilines is 1. The summed E-state index contributed by atoms with van der Waals surface area (Å²) in [6, 6.07) is 13.4. The van der Waals surface area contributed by atoms with E-state index in [0.717, 1.165) is 18.6 Å². The van der Waals surface area contributed by atoms with E-state index in [1.165, 1.54) is 24.0 Å². The molecule has 1 amide bonds. The monoisotopic (exact) mass is 325 g/mol. The lowest BCUT2D eigenvalue weighted by Gasteiger charge is -2.19. The van der Waals surface area contributed by atoms with Crippen LogP contribution in [0, 0.1) is 0 Å². The summed E-state index contributed by atoms with van der Waals surface area (Å²) in [6.07, 6.45) is 4.14. The number of hydrogen-bond donors (Lipinski definition) is 1. The minimum Gasteiger partial charge on any atom is -0.497 e. The van der Waals surface area contributed by atoms with Crippen LogP contribution in [-0.2, 0) is 17.6 Å². The first kappa shape index (κ1) is 16.4. The van der Waals surface area contributed by atoms with E-state index in [-0.39, 0.29) is 5.91 Å². The molecule has 4 nitrogen and oxygen atoms in total. The number of aryl methyl sites for hydroxylation is 2. The minimum absolute atomic E-state index is 0.180. The molecule has 0 saturated heterocycles. The molecule has 0 aliphatic heterocycles. The summed E-state index contributed by atoms with van der Waals surface area (Å²) in [7, 11) is 1.60. The molecule has 0 fully saturated rings. The van der Waals surface area contributed by atoms with Crippen molar-refractivity contribution in [2.75, 3.05) is 12.4 Å². The fourth-order valence-electron chi connectivity index (χ4n) is 2.99. The molecule has 2 aromatic carbocycles. The summed E-state index contributed by atoms with van der Waals surface area (Å²) in [5.74, 6) is 1.28. The summed E-state index contributed by atoms with van der Waals surface area (Å²) < 4.78 is 11.0. The molecule has 1 aliphatic rings.